The number of aryl methyl sites for hydroxylation is 3. The van der Waals surface area contributed by atoms with E-state index in [4.69, 9.17) is 0 Å². The van der Waals surface area contributed by atoms with E-state index in [1.807, 2.05) is 26.2 Å². The molecule has 2 rings (SSSR count). The monoisotopic (exact) mass is 279 g/mol. The van der Waals surface area contributed by atoms with Crippen molar-refractivity contribution < 1.29 is 8.42 Å². The molecule has 0 atom stereocenters. The average Bonchev–Trinajstić information content (AvgIpc) is 2.66. The first-order valence-electron chi connectivity index (χ1n) is 5.94. The third kappa shape index (κ3) is 3.02. The predicted molar refractivity (Wildman–Crippen MR) is 73.1 cm³/mol. The van der Waals surface area contributed by atoms with Crippen LogP contribution < -0.4 is 4.72 Å². The van der Waals surface area contributed by atoms with Crippen LogP contribution in [0.1, 0.15) is 16.8 Å². The summed E-state index contributed by atoms with van der Waals surface area (Å²) in [7, 11) is -1.67. The largest absolute Gasteiger partial charge is 0.275 e. The second-order valence-electron chi connectivity index (χ2n) is 4.50. The maximum atomic E-state index is 12.2. The third-order valence-electron chi connectivity index (χ3n) is 2.95. The SMILES string of the molecule is Cc1ccccc1S(=O)(=O)NCc1cn(C)nc1C. The van der Waals surface area contributed by atoms with Gasteiger partial charge in [-0.15, -0.1) is 0 Å². The van der Waals surface area contributed by atoms with Gasteiger partial charge in [0.05, 0.1) is 10.6 Å². The molecule has 0 amide bonds. The number of hydrogen-bond donors (Lipinski definition) is 1. The molecule has 0 saturated heterocycles. The number of sulfonamides is 1. The normalized spacial score (nSPS) is 11.7. The predicted octanol–water partition coefficient (Wildman–Crippen LogP) is 1.52. The molecule has 0 aliphatic rings. The summed E-state index contributed by atoms with van der Waals surface area (Å²) in [5.41, 5.74) is 2.44. The summed E-state index contributed by atoms with van der Waals surface area (Å²) in [5, 5.41) is 4.18. The number of rotatable bonds is 4. The lowest BCUT2D eigenvalue weighted by Gasteiger charge is -2.08. The molecule has 19 heavy (non-hydrogen) atoms. The summed E-state index contributed by atoms with van der Waals surface area (Å²) in [5.74, 6) is 0. The van der Waals surface area contributed by atoms with Gasteiger partial charge in [0.25, 0.3) is 0 Å². The van der Waals surface area contributed by atoms with E-state index in [1.165, 1.54) is 0 Å². The van der Waals surface area contributed by atoms with Crippen LogP contribution in [0.2, 0.25) is 0 Å². The van der Waals surface area contributed by atoms with Gasteiger partial charge in [-0.25, -0.2) is 13.1 Å². The molecule has 1 heterocycles. The van der Waals surface area contributed by atoms with Gasteiger partial charge in [-0.05, 0) is 25.5 Å². The van der Waals surface area contributed by atoms with Crippen LogP contribution in [0.25, 0.3) is 0 Å². The molecular formula is C13H17N3O2S. The van der Waals surface area contributed by atoms with Crippen molar-refractivity contribution in [1.82, 2.24) is 14.5 Å². The van der Waals surface area contributed by atoms with Crippen LogP contribution >= 0.6 is 0 Å². The molecule has 1 N–H and O–H groups in total. The Morgan fingerprint density at radius 3 is 2.53 bits per heavy atom. The van der Waals surface area contributed by atoms with Crippen molar-refractivity contribution in [3.05, 3.63) is 47.3 Å². The van der Waals surface area contributed by atoms with Crippen LogP contribution in [-0.4, -0.2) is 18.2 Å². The van der Waals surface area contributed by atoms with Gasteiger partial charge >= 0.3 is 0 Å². The van der Waals surface area contributed by atoms with Crippen LogP contribution in [0.5, 0.6) is 0 Å². The lowest BCUT2D eigenvalue weighted by Crippen LogP contribution is -2.24. The summed E-state index contributed by atoms with van der Waals surface area (Å²) in [4.78, 5) is 0.316. The van der Waals surface area contributed by atoms with Crippen molar-refractivity contribution in [3.63, 3.8) is 0 Å². The Kier molecular flexibility index (Phi) is 3.73. The van der Waals surface area contributed by atoms with Gasteiger partial charge in [-0.3, -0.25) is 4.68 Å². The number of nitrogens with zero attached hydrogens (tertiary/aromatic N) is 2. The zero-order valence-electron chi connectivity index (χ0n) is 11.2. The average molecular weight is 279 g/mol. The molecule has 102 valence electrons. The molecule has 0 aliphatic heterocycles. The maximum absolute atomic E-state index is 12.2. The first-order chi connectivity index (χ1) is 8.90. The molecule has 0 spiro atoms. The van der Waals surface area contributed by atoms with E-state index in [-0.39, 0.29) is 6.54 Å². The molecule has 6 heteroatoms. The zero-order valence-corrected chi connectivity index (χ0v) is 12.0. The minimum atomic E-state index is -3.48. The Morgan fingerprint density at radius 1 is 1.26 bits per heavy atom. The Balaban J connectivity index is 2.19. The van der Waals surface area contributed by atoms with Crippen LogP contribution in [0.15, 0.2) is 35.4 Å². The van der Waals surface area contributed by atoms with E-state index in [9.17, 15) is 8.42 Å². The first kappa shape index (κ1) is 13.8. The lowest BCUT2D eigenvalue weighted by molar-refractivity contribution is 0.580. The third-order valence-corrected chi connectivity index (χ3v) is 4.51. The van der Waals surface area contributed by atoms with Crippen LogP contribution in [0, 0.1) is 13.8 Å². The Labute approximate surface area is 113 Å². The maximum Gasteiger partial charge on any atom is 0.241 e. The fourth-order valence-corrected chi connectivity index (χ4v) is 3.18. The Hall–Kier alpha value is -1.66. The van der Waals surface area contributed by atoms with E-state index in [0.717, 1.165) is 16.8 Å². The number of benzene rings is 1. The first-order valence-corrected chi connectivity index (χ1v) is 7.43. The highest BCUT2D eigenvalue weighted by atomic mass is 32.2. The topological polar surface area (TPSA) is 64.0 Å². The molecule has 0 aliphatic carbocycles. The number of nitrogens with one attached hydrogen (secondary N) is 1. The minimum Gasteiger partial charge on any atom is -0.275 e. The van der Waals surface area contributed by atoms with E-state index in [1.54, 1.807) is 29.8 Å². The van der Waals surface area contributed by atoms with Gasteiger partial charge in [-0.2, -0.15) is 5.10 Å². The second kappa shape index (κ2) is 5.14. The quantitative estimate of drug-likeness (QED) is 0.922. The molecule has 0 radical (unpaired) electrons. The number of aromatic nitrogens is 2. The molecule has 1 aromatic heterocycles. The molecule has 0 unspecified atom stereocenters. The van der Waals surface area contributed by atoms with E-state index >= 15 is 0 Å². The minimum absolute atomic E-state index is 0.246. The fraction of sp³-hybridized carbons (Fsp3) is 0.308. The van der Waals surface area contributed by atoms with Crippen LogP contribution in [0.3, 0.4) is 0 Å². The summed E-state index contributed by atoms with van der Waals surface area (Å²) in [6.07, 6.45) is 1.82. The highest BCUT2D eigenvalue weighted by molar-refractivity contribution is 7.89. The van der Waals surface area contributed by atoms with Crippen LogP contribution in [-0.2, 0) is 23.6 Å². The van der Waals surface area contributed by atoms with E-state index in [0.29, 0.717) is 4.90 Å². The molecule has 0 fully saturated rings. The standard InChI is InChI=1S/C13H17N3O2S/c1-10-6-4-5-7-13(10)19(17,18)14-8-12-9-16(3)15-11(12)2/h4-7,9,14H,8H2,1-3H3. The van der Waals surface area contributed by atoms with Crippen molar-refractivity contribution in [3.8, 4) is 0 Å². The number of hydrogen-bond acceptors (Lipinski definition) is 3. The Bertz CT molecular complexity index is 690. The van der Waals surface area contributed by atoms with Crippen molar-refractivity contribution in [2.75, 3.05) is 0 Å². The van der Waals surface area contributed by atoms with Gasteiger partial charge in [0.15, 0.2) is 0 Å². The summed E-state index contributed by atoms with van der Waals surface area (Å²) < 4.78 is 28.7. The van der Waals surface area contributed by atoms with Gasteiger partial charge < -0.3 is 0 Å². The highest BCUT2D eigenvalue weighted by Crippen LogP contribution is 2.14. The van der Waals surface area contributed by atoms with Gasteiger partial charge in [-0.1, -0.05) is 18.2 Å². The van der Waals surface area contributed by atoms with Gasteiger partial charge in [0.2, 0.25) is 10.0 Å². The zero-order chi connectivity index (χ0) is 14.0. The smallest absolute Gasteiger partial charge is 0.241 e. The van der Waals surface area contributed by atoms with E-state index in [2.05, 4.69) is 9.82 Å². The van der Waals surface area contributed by atoms with Crippen molar-refractivity contribution in [1.29, 1.82) is 0 Å². The summed E-state index contributed by atoms with van der Waals surface area (Å²) >= 11 is 0. The van der Waals surface area contributed by atoms with Crippen LogP contribution in [0.4, 0.5) is 0 Å². The second-order valence-corrected chi connectivity index (χ2v) is 6.24. The summed E-state index contributed by atoms with van der Waals surface area (Å²) in [6, 6.07) is 6.92. The van der Waals surface area contributed by atoms with Crippen molar-refractivity contribution in [2.45, 2.75) is 25.3 Å². The lowest BCUT2D eigenvalue weighted by atomic mass is 10.2. The molecule has 0 bridgehead atoms. The molecule has 1 aromatic carbocycles. The molecule has 0 saturated carbocycles. The fourth-order valence-electron chi connectivity index (χ4n) is 1.93. The van der Waals surface area contributed by atoms with Crippen molar-refractivity contribution >= 4 is 10.0 Å². The van der Waals surface area contributed by atoms with E-state index < -0.39 is 10.0 Å². The van der Waals surface area contributed by atoms with Crippen molar-refractivity contribution in [2.24, 2.45) is 7.05 Å². The Morgan fingerprint density at radius 2 is 1.95 bits per heavy atom. The highest BCUT2D eigenvalue weighted by Gasteiger charge is 2.16. The molecule has 5 nitrogen and oxygen atoms in total. The van der Waals surface area contributed by atoms with Gasteiger partial charge in [0, 0.05) is 25.4 Å². The summed E-state index contributed by atoms with van der Waals surface area (Å²) in [6.45, 7) is 3.89. The van der Waals surface area contributed by atoms with Gasteiger partial charge in [0.1, 0.15) is 0 Å². The molecule has 2 aromatic rings. The molecular weight excluding hydrogens is 262 g/mol.